The fourth-order valence-corrected chi connectivity index (χ4v) is 3.53. The number of carbonyl (C=O) groups is 3. The van der Waals surface area contributed by atoms with Gasteiger partial charge in [-0.3, -0.25) is 14.4 Å². The van der Waals surface area contributed by atoms with E-state index in [0.717, 1.165) is 0 Å². The number of piperidine rings is 1. The molecule has 9 nitrogen and oxygen atoms in total. The molecular weight excluding hydrogens is 364 g/mol. The molecule has 1 aromatic carbocycles. The third-order valence-corrected chi connectivity index (χ3v) is 5.18. The Balaban J connectivity index is 1.36. The van der Waals surface area contributed by atoms with E-state index in [0.29, 0.717) is 54.3 Å². The van der Waals surface area contributed by atoms with Crippen molar-refractivity contribution in [1.29, 1.82) is 0 Å². The van der Waals surface area contributed by atoms with Crippen molar-refractivity contribution < 1.29 is 23.7 Å². The summed E-state index contributed by atoms with van der Waals surface area (Å²) in [6.45, 7) is 2.77. The van der Waals surface area contributed by atoms with Crippen LogP contribution in [0.4, 0.5) is 5.69 Å². The van der Waals surface area contributed by atoms with E-state index in [9.17, 15) is 14.4 Å². The molecule has 1 N–H and O–H groups in total. The first-order valence-corrected chi connectivity index (χ1v) is 9.18. The lowest BCUT2D eigenvalue weighted by Crippen LogP contribution is -2.41. The van der Waals surface area contributed by atoms with Crippen LogP contribution < -0.4 is 10.1 Å². The van der Waals surface area contributed by atoms with E-state index in [1.807, 2.05) is 0 Å². The highest BCUT2D eigenvalue weighted by Crippen LogP contribution is 2.30. The molecule has 1 aromatic heterocycles. The summed E-state index contributed by atoms with van der Waals surface area (Å²) in [7, 11) is 0. The average Bonchev–Trinajstić information content (AvgIpc) is 3.11. The number of ketones is 1. The van der Waals surface area contributed by atoms with Crippen molar-refractivity contribution in [3.63, 3.8) is 0 Å². The summed E-state index contributed by atoms with van der Waals surface area (Å²) in [6, 6.07) is 5.08. The van der Waals surface area contributed by atoms with Gasteiger partial charge >= 0.3 is 0 Å². The Morgan fingerprint density at radius 2 is 2.04 bits per heavy atom. The highest BCUT2D eigenvalue weighted by molar-refractivity contribution is 6.01. The van der Waals surface area contributed by atoms with Gasteiger partial charge in [-0.05, 0) is 38.0 Å². The van der Waals surface area contributed by atoms with Gasteiger partial charge in [0.1, 0.15) is 17.1 Å². The molecule has 0 spiro atoms. The molecule has 0 aliphatic carbocycles. The summed E-state index contributed by atoms with van der Waals surface area (Å²) in [6.07, 6.45) is 1.35. The predicted molar refractivity (Wildman–Crippen MR) is 96.9 cm³/mol. The van der Waals surface area contributed by atoms with Crippen molar-refractivity contribution in [2.24, 2.45) is 5.92 Å². The number of Topliss-reactive ketones (excluding diaryl/α,β-unsaturated/α-hetero) is 1. The number of hydrogen-bond donors (Lipinski definition) is 1. The zero-order valence-electron chi connectivity index (χ0n) is 15.4. The zero-order chi connectivity index (χ0) is 19.7. The predicted octanol–water partition coefficient (Wildman–Crippen LogP) is 1.37. The highest BCUT2D eigenvalue weighted by atomic mass is 16.6. The summed E-state index contributed by atoms with van der Waals surface area (Å²) in [5.41, 5.74) is 2.22. The molecule has 0 saturated carbocycles. The number of aryl methyl sites for hydroxylation is 1. The summed E-state index contributed by atoms with van der Waals surface area (Å²) >= 11 is 0. The molecule has 146 valence electrons. The van der Waals surface area contributed by atoms with Crippen molar-refractivity contribution in [1.82, 2.24) is 15.2 Å². The smallest absolute Gasteiger partial charge is 0.262 e. The van der Waals surface area contributed by atoms with Gasteiger partial charge in [-0.15, -0.1) is 0 Å². The quantitative estimate of drug-likeness (QED) is 0.792. The standard InChI is InChI=1S/C19H20N4O5/c1-11-14(22-28-21-11)9-18(25)23-6-4-12(5-7-23)19(26)13-2-3-16-15(8-13)20-17(24)10-27-16/h2-3,8,12H,4-7,9-10H2,1H3,(H,20,24). The molecule has 3 heterocycles. The van der Waals surface area contributed by atoms with E-state index < -0.39 is 0 Å². The lowest BCUT2D eigenvalue weighted by molar-refractivity contribution is -0.131. The van der Waals surface area contributed by atoms with Crippen LogP contribution in [0.25, 0.3) is 0 Å². The second kappa shape index (κ2) is 7.41. The number of fused-ring (bicyclic) bond motifs is 1. The van der Waals surface area contributed by atoms with Crippen molar-refractivity contribution in [3.8, 4) is 5.75 Å². The molecule has 4 rings (SSSR count). The molecule has 2 amide bonds. The van der Waals surface area contributed by atoms with Gasteiger partial charge in [0.15, 0.2) is 12.4 Å². The van der Waals surface area contributed by atoms with E-state index in [4.69, 9.17) is 4.74 Å². The van der Waals surface area contributed by atoms with E-state index >= 15 is 0 Å². The van der Waals surface area contributed by atoms with Gasteiger partial charge in [-0.25, -0.2) is 4.63 Å². The summed E-state index contributed by atoms with van der Waals surface area (Å²) in [5, 5.41) is 10.1. The Kier molecular flexibility index (Phi) is 4.81. The van der Waals surface area contributed by atoms with Crippen molar-refractivity contribution in [3.05, 3.63) is 35.2 Å². The van der Waals surface area contributed by atoms with Gasteiger partial charge in [0.05, 0.1) is 12.1 Å². The molecule has 1 fully saturated rings. The Hall–Kier alpha value is -3.23. The first-order valence-electron chi connectivity index (χ1n) is 9.18. The number of ether oxygens (including phenoxy) is 1. The highest BCUT2D eigenvalue weighted by Gasteiger charge is 2.29. The first kappa shape index (κ1) is 18.1. The van der Waals surface area contributed by atoms with E-state index in [2.05, 4.69) is 20.3 Å². The number of aromatic nitrogens is 2. The van der Waals surface area contributed by atoms with Gasteiger partial charge in [0.25, 0.3) is 5.91 Å². The van der Waals surface area contributed by atoms with Gasteiger partial charge < -0.3 is 15.0 Å². The van der Waals surface area contributed by atoms with Crippen LogP contribution in [0.15, 0.2) is 22.8 Å². The number of carbonyl (C=O) groups excluding carboxylic acids is 3. The summed E-state index contributed by atoms with van der Waals surface area (Å²) in [4.78, 5) is 38.5. The maximum absolute atomic E-state index is 12.9. The van der Waals surface area contributed by atoms with E-state index in [1.54, 1.807) is 30.0 Å². The van der Waals surface area contributed by atoms with Crippen molar-refractivity contribution >= 4 is 23.3 Å². The maximum atomic E-state index is 12.9. The topological polar surface area (TPSA) is 115 Å². The minimum absolute atomic E-state index is 0.0172. The number of anilines is 1. The Bertz CT molecular complexity index is 930. The number of rotatable bonds is 4. The molecule has 0 radical (unpaired) electrons. The summed E-state index contributed by atoms with van der Waals surface area (Å²) in [5.74, 6) is 0.151. The van der Waals surface area contributed by atoms with E-state index in [-0.39, 0.29) is 36.5 Å². The number of nitrogens with one attached hydrogen (secondary N) is 1. The molecule has 28 heavy (non-hydrogen) atoms. The van der Waals surface area contributed by atoms with Crippen LogP contribution in [0.2, 0.25) is 0 Å². The number of nitrogens with zero attached hydrogens (tertiary/aromatic N) is 3. The molecular formula is C19H20N4O5. The first-order chi connectivity index (χ1) is 13.5. The third kappa shape index (κ3) is 3.60. The lowest BCUT2D eigenvalue weighted by atomic mass is 9.88. The SMILES string of the molecule is Cc1nonc1CC(=O)N1CCC(C(=O)c2ccc3c(c2)NC(=O)CO3)CC1. The van der Waals surface area contributed by atoms with Crippen LogP contribution in [0.3, 0.4) is 0 Å². The van der Waals surface area contributed by atoms with Gasteiger partial charge in [-0.2, -0.15) is 0 Å². The van der Waals surface area contributed by atoms with Crippen LogP contribution in [0, 0.1) is 12.8 Å². The van der Waals surface area contributed by atoms with E-state index in [1.165, 1.54) is 0 Å². The molecule has 1 saturated heterocycles. The summed E-state index contributed by atoms with van der Waals surface area (Å²) < 4.78 is 9.95. The molecule has 0 atom stereocenters. The zero-order valence-corrected chi connectivity index (χ0v) is 15.4. The van der Waals surface area contributed by atoms with Crippen molar-refractivity contribution in [2.75, 3.05) is 25.0 Å². The molecule has 9 heteroatoms. The number of likely N-dealkylation sites (tertiary alicyclic amines) is 1. The third-order valence-electron chi connectivity index (χ3n) is 5.18. The van der Waals surface area contributed by atoms with Crippen LogP contribution in [0.1, 0.15) is 34.6 Å². The maximum Gasteiger partial charge on any atom is 0.262 e. The van der Waals surface area contributed by atoms with Gasteiger partial charge in [-0.1, -0.05) is 10.3 Å². The average molecular weight is 384 g/mol. The fourth-order valence-electron chi connectivity index (χ4n) is 3.53. The Labute approximate surface area is 161 Å². The molecule has 2 aliphatic heterocycles. The molecule has 0 bridgehead atoms. The van der Waals surface area contributed by atoms with Crippen LogP contribution in [-0.2, 0) is 16.0 Å². The van der Waals surface area contributed by atoms with Crippen LogP contribution >= 0.6 is 0 Å². The Morgan fingerprint density at radius 3 is 2.75 bits per heavy atom. The van der Waals surface area contributed by atoms with Crippen molar-refractivity contribution in [2.45, 2.75) is 26.2 Å². The van der Waals surface area contributed by atoms with Gasteiger partial charge in [0.2, 0.25) is 5.91 Å². The molecule has 2 aromatic rings. The lowest BCUT2D eigenvalue weighted by Gasteiger charge is -2.31. The molecule has 2 aliphatic rings. The largest absolute Gasteiger partial charge is 0.482 e. The number of hydrogen-bond acceptors (Lipinski definition) is 7. The fraction of sp³-hybridized carbons (Fsp3) is 0.421. The normalized spacial score (nSPS) is 16.9. The molecule has 0 unspecified atom stereocenters. The van der Waals surface area contributed by atoms with Crippen LogP contribution in [-0.4, -0.2) is 52.5 Å². The van der Waals surface area contributed by atoms with Gasteiger partial charge in [0, 0.05) is 24.6 Å². The minimum Gasteiger partial charge on any atom is -0.482 e. The van der Waals surface area contributed by atoms with Crippen LogP contribution in [0.5, 0.6) is 5.75 Å². The monoisotopic (exact) mass is 384 g/mol. The number of benzene rings is 1. The second-order valence-electron chi connectivity index (χ2n) is 7.04. The second-order valence-corrected chi connectivity index (χ2v) is 7.04. The Morgan fingerprint density at radius 1 is 1.25 bits per heavy atom. The minimum atomic E-state index is -0.235. The number of amides is 2.